The molecule has 0 aromatic carbocycles. The van der Waals surface area contributed by atoms with E-state index in [0.717, 1.165) is 6.20 Å². The third-order valence-corrected chi connectivity index (χ3v) is 2.18. The number of carboxylic acids is 1. The highest BCUT2D eigenvalue weighted by molar-refractivity contribution is 6.31. The Balaban J connectivity index is 3.00. The molecule has 1 N–H and O–H groups in total. The van der Waals surface area contributed by atoms with Gasteiger partial charge in [-0.25, -0.2) is 9.78 Å². The number of halogens is 3. The van der Waals surface area contributed by atoms with Gasteiger partial charge in [-0.2, -0.15) is 8.78 Å². The Labute approximate surface area is 94.8 Å². The highest BCUT2D eigenvalue weighted by Gasteiger charge is 2.39. The SMILES string of the molecule is COc1cc(CC(F)(F)C(=O)O)c(Cl)cn1. The van der Waals surface area contributed by atoms with Crippen LogP contribution in [0, 0.1) is 0 Å². The van der Waals surface area contributed by atoms with Crippen molar-refractivity contribution in [3.05, 3.63) is 22.8 Å². The van der Waals surface area contributed by atoms with Gasteiger partial charge >= 0.3 is 11.9 Å². The first kappa shape index (κ1) is 12.6. The second-order valence-electron chi connectivity index (χ2n) is 3.00. The lowest BCUT2D eigenvalue weighted by atomic mass is 10.1. The average Bonchev–Trinajstić information content (AvgIpc) is 2.21. The molecular weight excluding hydrogens is 244 g/mol. The molecule has 1 heterocycles. The van der Waals surface area contributed by atoms with E-state index in [0.29, 0.717) is 0 Å². The lowest BCUT2D eigenvalue weighted by Crippen LogP contribution is -2.30. The summed E-state index contributed by atoms with van der Waals surface area (Å²) in [5.41, 5.74) is -0.0269. The minimum atomic E-state index is -3.87. The third kappa shape index (κ3) is 2.79. The van der Waals surface area contributed by atoms with E-state index in [2.05, 4.69) is 4.98 Å². The van der Waals surface area contributed by atoms with Gasteiger partial charge in [0.05, 0.1) is 12.1 Å². The first-order valence-electron chi connectivity index (χ1n) is 4.16. The molecule has 0 atom stereocenters. The predicted molar refractivity (Wildman–Crippen MR) is 52.1 cm³/mol. The van der Waals surface area contributed by atoms with Crippen LogP contribution in [0.4, 0.5) is 8.78 Å². The first-order valence-corrected chi connectivity index (χ1v) is 4.54. The molecule has 16 heavy (non-hydrogen) atoms. The normalized spacial score (nSPS) is 11.2. The molecule has 0 fully saturated rings. The van der Waals surface area contributed by atoms with Crippen molar-refractivity contribution in [3.63, 3.8) is 0 Å². The van der Waals surface area contributed by atoms with Gasteiger partial charge in [0.1, 0.15) is 0 Å². The van der Waals surface area contributed by atoms with Crippen molar-refractivity contribution in [2.75, 3.05) is 7.11 Å². The Bertz CT molecular complexity index is 412. The largest absolute Gasteiger partial charge is 0.481 e. The molecule has 4 nitrogen and oxygen atoms in total. The molecule has 0 spiro atoms. The number of pyridine rings is 1. The summed E-state index contributed by atoms with van der Waals surface area (Å²) < 4.78 is 30.6. The number of aromatic nitrogens is 1. The van der Waals surface area contributed by atoms with Crippen molar-refractivity contribution in [2.45, 2.75) is 12.3 Å². The van der Waals surface area contributed by atoms with Gasteiger partial charge in [0.25, 0.3) is 0 Å². The Morgan fingerprint density at radius 1 is 1.69 bits per heavy atom. The zero-order valence-corrected chi connectivity index (χ0v) is 8.96. The highest BCUT2D eigenvalue weighted by Crippen LogP contribution is 2.27. The predicted octanol–water partition coefficient (Wildman–Crippen LogP) is 2.01. The number of hydrogen-bond donors (Lipinski definition) is 1. The van der Waals surface area contributed by atoms with E-state index in [1.807, 2.05) is 0 Å². The number of methoxy groups -OCH3 is 1. The molecule has 1 aromatic heterocycles. The van der Waals surface area contributed by atoms with Crippen molar-refractivity contribution in [2.24, 2.45) is 0 Å². The molecule has 0 aliphatic carbocycles. The molecular formula is C9H8ClF2NO3. The second kappa shape index (κ2) is 4.61. The maximum absolute atomic E-state index is 12.9. The number of rotatable bonds is 4. The lowest BCUT2D eigenvalue weighted by Gasteiger charge is -2.12. The quantitative estimate of drug-likeness (QED) is 0.889. The summed E-state index contributed by atoms with van der Waals surface area (Å²) in [6.07, 6.45) is 0.133. The average molecular weight is 252 g/mol. The highest BCUT2D eigenvalue weighted by atomic mass is 35.5. The molecule has 0 unspecified atom stereocenters. The van der Waals surface area contributed by atoms with Crippen LogP contribution in [0.15, 0.2) is 12.3 Å². The van der Waals surface area contributed by atoms with Crippen LogP contribution in [0.25, 0.3) is 0 Å². The summed E-state index contributed by atoms with van der Waals surface area (Å²) in [6.45, 7) is 0. The number of ether oxygens (including phenoxy) is 1. The van der Waals surface area contributed by atoms with E-state index in [4.69, 9.17) is 21.4 Å². The van der Waals surface area contributed by atoms with Crippen LogP contribution in [-0.4, -0.2) is 29.1 Å². The molecule has 0 amide bonds. The van der Waals surface area contributed by atoms with E-state index in [9.17, 15) is 13.6 Å². The van der Waals surface area contributed by atoms with Crippen molar-refractivity contribution >= 4 is 17.6 Å². The third-order valence-electron chi connectivity index (χ3n) is 1.84. The maximum Gasteiger partial charge on any atom is 0.374 e. The first-order chi connectivity index (χ1) is 7.36. The number of hydrogen-bond acceptors (Lipinski definition) is 3. The fourth-order valence-corrected chi connectivity index (χ4v) is 1.19. The molecule has 7 heteroatoms. The van der Waals surface area contributed by atoms with E-state index < -0.39 is 18.3 Å². The molecule has 1 rings (SSSR count). The fraction of sp³-hybridized carbons (Fsp3) is 0.333. The summed E-state index contributed by atoms with van der Waals surface area (Å²) in [6, 6.07) is 1.18. The van der Waals surface area contributed by atoms with Crippen molar-refractivity contribution in [1.82, 2.24) is 4.98 Å². The summed E-state index contributed by atoms with van der Waals surface area (Å²) in [5.74, 6) is -5.96. The number of aliphatic carboxylic acids is 1. The van der Waals surface area contributed by atoms with Gasteiger partial charge in [0.2, 0.25) is 5.88 Å². The van der Waals surface area contributed by atoms with Gasteiger partial charge in [-0.05, 0) is 5.56 Å². The molecule has 88 valence electrons. The fourth-order valence-electron chi connectivity index (χ4n) is 1.02. The molecule has 0 aliphatic heterocycles. The summed E-state index contributed by atoms with van der Waals surface area (Å²) in [5, 5.41) is 8.25. The molecule has 0 saturated heterocycles. The van der Waals surface area contributed by atoms with Crippen LogP contribution in [0.2, 0.25) is 5.02 Å². The number of carboxylic acid groups (broad SMARTS) is 1. The zero-order chi connectivity index (χ0) is 12.3. The zero-order valence-electron chi connectivity index (χ0n) is 8.21. The minimum absolute atomic E-state index is 0.0262. The van der Waals surface area contributed by atoms with Crippen LogP contribution < -0.4 is 4.74 Å². The summed E-state index contributed by atoms with van der Waals surface area (Å²) in [7, 11) is 1.31. The van der Waals surface area contributed by atoms with Gasteiger partial charge < -0.3 is 9.84 Å². The van der Waals surface area contributed by atoms with Crippen molar-refractivity contribution in [3.8, 4) is 5.88 Å². The molecule has 0 aliphatic rings. The van der Waals surface area contributed by atoms with Gasteiger partial charge in [0.15, 0.2) is 0 Å². The molecule has 0 bridgehead atoms. The second-order valence-corrected chi connectivity index (χ2v) is 3.41. The maximum atomic E-state index is 12.9. The van der Waals surface area contributed by atoms with Crippen molar-refractivity contribution < 1.29 is 23.4 Å². The number of alkyl halides is 2. The molecule has 1 aromatic rings. The Hall–Kier alpha value is -1.43. The van der Waals surface area contributed by atoms with E-state index >= 15 is 0 Å². The molecule has 0 radical (unpaired) electrons. The Kier molecular flexibility index (Phi) is 3.64. The monoisotopic (exact) mass is 251 g/mol. The van der Waals surface area contributed by atoms with Crippen LogP contribution >= 0.6 is 11.6 Å². The topological polar surface area (TPSA) is 59.4 Å². The van der Waals surface area contributed by atoms with Gasteiger partial charge in [-0.1, -0.05) is 11.6 Å². The van der Waals surface area contributed by atoms with Crippen LogP contribution in [-0.2, 0) is 11.2 Å². The summed E-state index contributed by atoms with van der Waals surface area (Å²) >= 11 is 5.62. The van der Waals surface area contributed by atoms with Gasteiger partial charge in [0, 0.05) is 18.7 Å². The van der Waals surface area contributed by atoms with Crippen molar-refractivity contribution in [1.29, 1.82) is 0 Å². The van der Waals surface area contributed by atoms with Gasteiger partial charge in [-0.3, -0.25) is 0 Å². The van der Waals surface area contributed by atoms with Gasteiger partial charge in [-0.15, -0.1) is 0 Å². The van der Waals surface area contributed by atoms with Crippen LogP contribution in [0.5, 0.6) is 5.88 Å². The Morgan fingerprint density at radius 3 is 2.81 bits per heavy atom. The van der Waals surface area contributed by atoms with Crippen LogP contribution in [0.1, 0.15) is 5.56 Å². The van der Waals surface area contributed by atoms with E-state index in [1.54, 1.807) is 0 Å². The number of nitrogens with zero attached hydrogens (tertiary/aromatic N) is 1. The Morgan fingerprint density at radius 2 is 2.31 bits per heavy atom. The summed E-state index contributed by atoms with van der Waals surface area (Å²) in [4.78, 5) is 13.9. The smallest absolute Gasteiger partial charge is 0.374 e. The van der Waals surface area contributed by atoms with E-state index in [1.165, 1.54) is 13.2 Å². The van der Waals surface area contributed by atoms with Crippen LogP contribution in [0.3, 0.4) is 0 Å². The van der Waals surface area contributed by atoms with E-state index in [-0.39, 0.29) is 16.5 Å². The molecule has 0 saturated carbocycles. The lowest BCUT2D eigenvalue weighted by molar-refractivity contribution is -0.164. The minimum Gasteiger partial charge on any atom is -0.481 e. The standard InChI is InChI=1S/C9H8ClF2NO3/c1-16-7-2-5(6(10)4-13-7)3-9(11,12)8(14)15/h2,4H,3H2,1H3,(H,14,15). The number of carbonyl (C=O) groups is 1.